The van der Waals surface area contributed by atoms with Gasteiger partial charge in [-0.1, -0.05) is 154 Å². The van der Waals surface area contributed by atoms with E-state index in [1.54, 1.807) is 0 Å². The van der Waals surface area contributed by atoms with Crippen LogP contribution in [0.15, 0.2) is 24.3 Å². The molecule has 0 fully saturated rings. The van der Waals surface area contributed by atoms with Gasteiger partial charge in [-0.15, -0.1) is 0 Å². The molecule has 0 aromatic heterocycles. The van der Waals surface area contributed by atoms with E-state index in [-0.39, 0.29) is 0 Å². The lowest BCUT2D eigenvalue weighted by Crippen LogP contribution is -2.32. The van der Waals surface area contributed by atoms with Crippen molar-refractivity contribution < 1.29 is 0 Å². The van der Waals surface area contributed by atoms with Crippen LogP contribution in [0.4, 0.5) is 0 Å². The molecule has 0 spiro atoms. The second kappa shape index (κ2) is 34.4. The Morgan fingerprint density at radius 2 is 0.579 bits per heavy atom. The van der Waals surface area contributed by atoms with Crippen LogP contribution in [-0.2, 0) is 0 Å². The first kappa shape index (κ1) is 37.4. The molecule has 0 aromatic rings. The topological polar surface area (TPSA) is 29.3 Å². The molecule has 2 N–H and O–H groups in total. The van der Waals surface area contributed by atoms with Gasteiger partial charge in [-0.3, -0.25) is 5.84 Å². The maximum atomic E-state index is 6.21. The average Bonchev–Trinajstić information content (AvgIpc) is 2.92. The van der Waals surface area contributed by atoms with Crippen molar-refractivity contribution in [3.05, 3.63) is 24.3 Å². The predicted molar refractivity (Wildman–Crippen MR) is 175 cm³/mol. The van der Waals surface area contributed by atoms with Gasteiger partial charge in [0.1, 0.15) is 0 Å². The van der Waals surface area contributed by atoms with Crippen LogP contribution < -0.4 is 5.84 Å². The Balaban J connectivity index is 3.22. The van der Waals surface area contributed by atoms with Gasteiger partial charge in [-0.25, -0.2) is 5.01 Å². The third-order valence-corrected chi connectivity index (χ3v) is 7.91. The predicted octanol–water partition coefficient (Wildman–Crippen LogP) is 12.2. The van der Waals surface area contributed by atoms with Crippen LogP contribution in [0.3, 0.4) is 0 Å². The van der Waals surface area contributed by atoms with E-state index in [1.165, 1.54) is 180 Å². The van der Waals surface area contributed by atoms with E-state index < -0.39 is 0 Å². The molecule has 0 unspecified atom stereocenters. The number of hydrogen-bond donors (Lipinski definition) is 1. The largest absolute Gasteiger partial charge is 0.269 e. The van der Waals surface area contributed by atoms with E-state index in [4.69, 9.17) is 5.84 Å². The van der Waals surface area contributed by atoms with Crippen LogP contribution in [0.25, 0.3) is 0 Å². The molecule has 0 aromatic carbocycles. The summed E-state index contributed by atoms with van der Waals surface area (Å²) in [6.45, 7) is 6.73. The molecule has 0 aliphatic carbocycles. The Labute approximate surface area is 241 Å². The highest BCUT2D eigenvalue weighted by molar-refractivity contribution is 4.82. The minimum absolute atomic E-state index is 1.08. The zero-order valence-corrected chi connectivity index (χ0v) is 26.5. The van der Waals surface area contributed by atoms with Crippen molar-refractivity contribution in [2.24, 2.45) is 5.84 Å². The van der Waals surface area contributed by atoms with Crippen LogP contribution in [0, 0.1) is 0 Å². The first-order valence-electron chi connectivity index (χ1n) is 17.6. The van der Waals surface area contributed by atoms with Crippen molar-refractivity contribution in [3.8, 4) is 0 Å². The molecular formula is C36H72N2. The van der Waals surface area contributed by atoms with Crippen molar-refractivity contribution in [2.45, 2.75) is 194 Å². The Kier molecular flexibility index (Phi) is 33.9. The molecule has 0 aliphatic rings. The van der Waals surface area contributed by atoms with Crippen LogP contribution in [0.2, 0.25) is 0 Å². The van der Waals surface area contributed by atoms with Gasteiger partial charge >= 0.3 is 0 Å². The van der Waals surface area contributed by atoms with Crippen molar-refractivity contribution >= 4 is 0 Å². The number of nitrogens with zero attached hydrogens (tertiary/aromatic N) is 1. The maximum Gasteiger partial charge on any atom is 0.0128 e. The summed E-state index contributed by atoms with van der Waals surface area (Å²) in [6.07, 6.45) is 48.0. The lowest BCUT2D eigenvalue weighted by Gasteiger charge is -2.15. The fourth-order valence-corrected chi connectivity index (χ4v) is 5.24. The summed E-state index contributed by atoms with van der Waals surface area (Å²) in [5.74, 6) is 6.21. The monoisotopic (exact) mass is 533 g/mol. The molecule has 2 nitrogen and oxygen atoms in total. The summed E-state index contributed by atoms with van der Waals surface area (Å²) >= 11 is 0. The normalized spacial score (nSPS) is 12.1. The van der Waals surface area contributed by atoms with Crippen molar-refractivity contribution in [3.63, 3.8) is 0 Å². The van der Waals surface area contributed by atoms with Gasteiger partial charge in [-0.2, -0.15) is 0 Å². The summed E-state index contributed by atoms with van der Waals surface area (Å²) in [7, 11) is 0. The van der Waals surface area contributed by atoms with Crippen LogP contribution in [0.5, 0.6) is 0 Å². The zero-order valence-electron chi connectivity index (χ0n) is 26.5. The van der Waals surface area contributed by atoms with Gasteiger partial charge in [0.15, 0.2) is 0 Å². The molecule has 38 heavy (non-hydrogen) atoms. The smallest absolute Gasteiger partial charge is 0.0128 e. The lowest BCUT2D eigenvalue weighted by atomic mass is 10.1. The molecule has 0 atom stereocenters. The van der Waals surface area contributed by atoms with Gasteiger partial charge in [0, 0.05) is 13.1 Å². The Morgan fingerprint density at radius 3 is 0.868 bits per heavy atom. The Morgan fingerprint density at radius 1 is 0.342 bits per heavy atom. The zero-order chi connectivity index (χ0) is 27.6. The highest BCUT2D eigenvalue weighted by atomic mass is 15.4. The quantitative estimate of drug-likeness (QED) is 0.0404. The summed E-state index contributed by atoms with van der Waals surface area (Å²) in [6, 6.07) is 0. The van der Waals surface area contributed by atoms with Gasteiger partial charge < -0.3 is 0 Å². The number of allylic oxidation sites excluding steroid dienone is 4. The molecule has 0 heterocycles. The molecule has 226 valence electrons. The van der Waals surface area contributed by atoms with Crippen LogP contribution in [-0.4, -0.2) is 18.1 Å². The second-order valence-corrected chi connectivity index (χ2v) is 11.9. The van der Waals surface area contributed by atoms with E-state index in [2.05, 4.69) is 43.2 Å². The highest BCUT2D eigenvalue weighted by Gasteiger charge is 1.99. The molecule has 0 saturated heterocycles. The summed E-state index contributed by atoms with van der Waals surface area (Å²) in [5, 5.41) is 2.07. The van der Waals surface area contributed by atoms with Gasteiger partial charge in [0.25, 0.3) is 0 Å². The van der Waals surface area contributed by atoms with E-state index in [1.807, 2.05) is 0 Å². The van der Waals surface area contributed by atoms with Crippen molar-refractivity contribution in [2.75, 3.05) is 13.1 Å². The molecule has 0 radical (unpaired) electrons. The molecule has 0 rings (SSSR count). The van der Waals surface area contributed by atoms with E-state index in [0.717, 1.165) is 13.1 Å². The molecule has 0 bridgehead atoms. The van der Waals surface area contributed by atoms with E-state index >= 15 is 0 Å². The molecule has 2 heteroatoms. The number of nitrogens with two attached hydrogens (primary N) is 1. The Hall–Kier alpha value is -0.600. The third kappa shape index (κ3) is 33.4. The SMILES string of the molecule is CCCCCCCCC=CCCCCCCCCN(N)CCCCCCCCC=CCCCCCCCC. The Bertz CT molecular complexity index is 428. The van der Waals surface area contributed by atoms with Crippen LogP contribution >= 0.6 is 0 Å². The van der Waals surface area contributed by atoms with E-state index in [9.17, 15) is 0 Å². The third-order valence-electron chi connectivity index (χ3n) is 7.91. The molecule has 0 amide bonds. The first-order chi connectivity index (χ1) is 18.8. The second-order valence-electron chi connectivity index (χ2n) is 11.9. The number of hydrogen-bond acceptors (Lipinski definition) is 2. The fraction of sp³-hybridized carbons (Fsp3) is 0.889. The number of hydrazine groups is 1. The minimum Gasteiger partial charge on any atom is -0.269 e. The number of unbranched alkanes of at least 4 members (excludes halogenated alkanes) is 24. The molecule has 0 aliphatic heterocycles. The van der Waals surface area contributed by atoms with Crippen molar-refractivity contribution in [1.29, 1.82) is 0 Å². The fourth-order valence-electron chi connectivity index (χ4n) is 5.24. The van der Waals surface area contributed by atoms with E-state index in [0.29, 0.717) is 0 Å². The standard InChI is InChI=1S/C36H72N2/c1-3-5-7-9-11-13-15-17-19-21-23-25-27-29-31-33-35-38(37)36-34-32-30-28-26-24-22-20-18-16-14-12-10-8-6-4-2/h17-20H,3-16,21-37H2,1-2H3. The first-order valence-corrected chi connectivity index (χ1v) is 17.6. The summed E-state index contributed by atoms with van der Waals surface area (Å²) in [5.41, 5.74) is 0. The van der Waals surface area contributed by atoms with Gasteiger partial charge in [0.2, 0.25) is 0 Å². The average molecular weight is 533 g/mol. The minimum atomic E-state index is 1.08. The lowest BCUT2D eigenvalue weighted by molar-refractivity contribution is 0.268. The highest BCUT2D eigenvalue weighted by Crippen LogP contribution is 2.12. The maximum absolute atomic E-state index is 6.21. The molecular weight excluding hydrogens is 460 g/mol. The van der Waals surface area contributed by atoms with Gasteiger partial charge in [0.05, 0.1) is 0 Å². The van der Waals surface area contributed by atoms with Crippen LogP contribution in [0.1, 0.15) is 194 Å². The number of rotatable bonds is 32. The van der Waals surface area contributed by atoms with Gasteiger partial charge in [-0.05, 0) is 64.2 Å². The summed E-state index contributed by atoms with van der Waals surface area (Å²) in [4.78, 5) is 0. The summed E-state index contributed by atoms with van der Waals surface area (Å²) < 4.78 is 0. The van der Waals surface area contributed by atoms with Crippen molar-refractivity contribution in [1.82, 2.24) is 5.01 Å². The molecule has 0 saturated carbocycles.